The van der Waals surface area contributed by atoms with Gasteiger partial charge >= 0.3 is 0 Å². The standard InChI is InChI=1S/C15H21NO/c1-5-6-15(17)16-14-9-7-13(8-10-14)12(4)11(2)3/h7-11H,4-6H2,1-3H3,(H,16,17). The lowest BCUT2D eigenvalue weighted by Gasteiger charge is -2.10. The first-order valence-corrected chi connectivity index (χ1v) is 6.13. The molecular weight excluding hydrogens is 210 g/mol. The molecular formula is C15H21NO. The zero-order valence-electron chi connectivity index (χ0n) is 10.9. The first kappa shape index (κ1) is 13.5. The van der Waals surface area contributed by atoms with Crippen LogP contribution < -0.4 is 5.32 Å². The summed E-state index contributed by atoms with van der Waals surface area (Å²) in [7, 11) is 0. The van der Waals surface area contributed by atoms with Gasteiger partial charge in [-0.2, -0.15) is 0 Å². The van der Waals surface area contributed by atoms with Crippen molar-refractivity contribution in [3.63, 3.8) is 0 Å². The van der Waals surface area contributed by atoms with E-state index in [0.29, 0.717) is 12.3 Å². The van der Waals surface area contributed by atoms with Gasteiger partial charge in [-0.3, -0.25) is 4.79 Å². The van der Waals surface area contributed by atoms with Crippen LogP contribution in [0, 0.1) is 5.92 Å². The molecule has 17 heavy (non-hydrogen) atoms. The van der Waals surface area contributed by atoms with Gasteiger partial charge in [-0.05, 0) is 35.6 Å². The van der Waals surface area contributed by atoms with E-state index in [4.69, 9.17) is 0 Å². The fraction of sp³-hybridized carbons (Fsp3) is 0.400. The molecule has 0 fully saturated rings. The Labute approximate surface area is 104 Å². The highest BCUT2D eigenvalue weighted by Crippen LogP contribution is 2.22. The molecule has 0 aliphatic heterocycles. The predicted molar refractivity (Wildman–Crippen MR) is 73.9 cm³/mol. The molecule has 0 aliphatic carbocycles. The van der Waals surface area contributed by atoms with E-state index in [-0.39, 0.29) is 5.91 Å². The number of hydrogen-bond acceptors (Lipinski definition) is 1. The van der Waals surface area contributed by atoms with Gasteiger partial charge in [0.25, 0.3) is 0 Å². The van der Waals surface area contributed by atoms with Crippen molar-refractivity contribution in [1.82, 2.24) is 0 Å². The minimum Gasteiger partial charge on any atom is -0.326 e. The van der Waals surface area contributed by atoms with Gasteiger partial charge in [0.05, 0.1) is 0 Å². The van der Waals surface area contributed by atoms with Crippen molar-refractivity contribution in [3.05, 3.63) is 36.4 Å². The van der Waals surface area contributed by atoms with Gasteiger partial charge in [-0.15, -0.1) is 0 Å². The molecule has 0 spiro atoms. The van der Waals surface area contributed by atoms with Gasteiger partial charge in [0.15, 0.2) is 0 Å². The van der Waals surface area contributed by atoms with E-state index in [0.717, 1.165) is 23.2 Å². The van der Waals surface area contributed by atoms with Crippen LogP contribution in [0.5, 0.6) is 0 Å². The highest BCUT2D eigenvalue weighted by molar-refractivity contribution is 5.90. The zero-order valence-corrected chi connectivity index (χ0v) is 10.9. The van der Waals surface area contributed by atoms with E-state index >= 15 is 0 Å². The zero-order chi connectivity index (χ0) is 12.8. The Morgan fingerprint density at radius 1 is 1.29 bits per heavy atom. The summed E-state index contributed by atoms with van der Waals surface area (Å²) in [6.07, 6.45) is 1.44. The number of carbonyl (C=O) groups is 1. The van der Waals surface area contributed by atoms with Gasteiger partial charge in [0.2, 0.25) is 5.91 Å². The number of benzene rings is 1. The van der Waals surface area contributed by atoms with Crippen LogP contribution in [0.15, 0.2) is 30.8 Å². The number of amides is 1. The van der Waals surface area contributed by atoms with Gasteiger partial charge in [-0.1, -0.05) is 39.5 Å². The van der Waals surface area contributed by atoms with Gasteiger partial charge in [0.1, 0.15) is 0 Å². The van der Waals surface area contributed by atoms with E-state index in [1.165, 1.54) is 0 Å². The second-order valence-corrected chi connectivity index (χ2v) is 4.56. The molecule has 0 aliphatic rings. The summed E-state index contributed by atoms with van der Waals surface area (Å²) in [6.45, 7) is 10.3. The van der Waals surface area contributed by atoms with Crippen LogP contribution in [-0.4, -0.2) is 5.91 Å². The maximum Gasteiger partial charge on any atom is 0.224 e. The largest absolute Gasteiger partial charge is 0.326 e. The van der Waals surface area contributed by atoms with E-state index in [9.17, 15) is 4.79 Å². The number of carbonyl (C=O) groups excluding carboxylic acids is 1. The number of hydrogen-bond donors (Lipinski definition) is 1. The fourth-order valence-corrected chi connectivity index (χ4v) is 1.55. The monoisotopic (exact) mass is 231 g/mol. The third-order valence-electron chi connectivity index (χ3n) is 2.71. The van der Waals surface area contributed by atoms with Crippen molar-refractivity contribution in [3.8, 4) is 0 Å². The summed E-state index contributed by atoms with van der Waals surface area (Å²) in [5.41, 5.74) is 3.11. The number of allylic oxidation sites excluding steroid dienone is 1. The van der Waals surface area contributed by atoms with E-state index in [1.54, 1.807) is 0 Å². The SMILES string of the molecule is C=C(c1ccc(NC(=O)CCC)cc1)C(C)C. The fourth-order valence-electron chi connectivity index (χ4n) is 1.55. The molecule has 1 rings (SSSR count). The van der Waals surface area contributed by atoms with E-state index < -0.39 is 0 Å². The molecule has 0 aromatic heterocycles. The molecule has 2 heteroatoms. The molecule has 0 radical (unpaired) electrons. The molecule has 1 amide bonds. The Balaban J connectivity index is 2.68. The molecule has 2 nitrogen and oxygen atoms in total. The van der Waals surface area contributed by atoms with E-state index in [1.807, 2.05) is 31.2 Å². The van der Waals surface area contributed by atoms with Crippen molar-refractivity contribution >= 4 is 17.2 Å². The van der Waals surface area contributed by atoms with Crippen LogP contribution in [0.1, 0.15) is 39.2 Å². The topological polar surface area (TPSA) is 29.1 Å². The van der Waals surface area contributed by atoms with Crippen LogP contribution in [0.4, 0.5) is 5.69 Å². The third-order valence-corrected chi connectivity index (χ3v) is 2.71. The highest BCUT2D eigenvalue weighted by Gasteiger charge is 2.04. The molecule has 92 valence electrons. The second-order valence-electron chi connectivity index (χ2n) is 4.56. The Kier molecular flexibility index (Phi) is 4.95. The summed E-state index contributed by atoms with van der Waals surface area (Å²) in [4.78, 5) is 11.4. The molecule has 1 N–H and O–H groups in total. The first-order chi connectivity index (χ1) is 8.04. The van der Waals surface area contributed by atoms with Crippen molar-refractivity contribution in [2.45, 2.75) is 33.6 Å². The van der Waals surface area contributed by atoms with Crippen LogP contribution in [0.25, 0.3) is 5.57 Å². The lowest BCUT2D eigenvalue weighted by atomic mass is 9.97. The van der Waals surface area contributed by atoms with Crippen LogP contribution >= 0.6 is 0 Å². The Hall–Kier alpha value is -1.57. The number of nitrogens with one attached hydrogen (secondary N) is 1. The molecule has 1 aromatic rings. The molecule has 0 bridgehead atoms. The first-order valence-electron chi connectivity index (χ1n) is 6.13. The number of anilines is 1. The summed E-state index contributed by atoms with van der Waals surface area (Å²) in [5.74, 6) is 0.512. The average molecular weight is 231 g/mol. The van der Waals surface area contributed by atoms with Crippen molar-refractivity contribution < 1.29 is 4.79 Å². The Bertz CT molecular complexity index is 390. The lowest BCUT2D eigenvalue weighted by Crippen LogP contribution is -2.10. The smallest absolute Gasteiger partial charge is 0.224 e. The van der Waals surface area contributed by atoms with Gasteiger partial charge < -0.3 is 5.32 Å². The summed E-state index contributed by atoms with van der Waals surface area (Å²) < 4.78 is 0. The second kappa shape index (κ2) is 6.24. The van der Waals surface area contributed by atoms with E-state index in [2.05, 4.69) is 25.7 Å². The molecule has 0 saturated heterocycles. The van der Waals surface area contributed by atoms with Crippen LogP contribution in [-0.2, 0) is 4.79 Å². The van der Waals surface area contributed by atoms with Gasteiger partial charge in [-0.25, -0.2) is 0 Å². The highest BCUT2D eigenvalue weighted by atomic mass is 16.1. The maximum absolute atomic E-state index is 11.4. The number of rotatable bonds is 5. The maximum atomic E-state index is 11.4. The molecule has 0 heterocycles. The normalized spacial score (nSPS) is 10.4. The summed E-state index contributed by atoms with van der Waals surface area (Å²) in [5, 5.41) is 2.87. The van der Waals surface area contributed by atoms with Crippen LogP contribution in [0.2, 0.25) is 0 Å². The summed E-state index contributed by atoms with van der Waals surface area (Å²) >= 11 is 0. The van der Waals surface area contributed by atoms with Crippen molar-refractivity contribution in [2.24, 2.45) is 5.92 Å². The Morgan fingerprint density at radius 2 is 1.88 bits per heavy atom. The van der Waals surface area contributed by atoms with Crippen molar-refractivity contribution in [1.29, 1.82) is 0 Å². The summed E-state index contributed by atoms with van der Waals surface area (Å²) in [6, 6.07) is 7.86. The molecule has 0 saturated carbocycles. The minimum atomic E-state index is 0.0722. The van der Waals surface area contributed by atoms with Gasteiger partial charge in [0, 0.05) is 12.1 Å². The van der Waals surface area contributed by atoms with Crippen LogP contribution in [0.3, 0.4) is 0 Å². The molecule has 1 aromatic carbocycles. The third kappa shape index (κ3) is 4.06. The predicted octanol–water partition coefficient (Wildman–Crippen LogP) is 4.09. The molecule has 0 atom stereocenters. The quantitative estimate of drug-likeness (QED) is 0.812. The average Bonchev–Trinajstić information content (AvgIpc) is 2.29. The molecule has 0 unspecified atom stereocenters. The lowest BCUT2D eigenvalue weighted by molar-refractivity contribution is -0.116. The Morgan fingerprint density at radius 3 is 2.35 bits per heavy atom. The van der Waals surface area contributed by atoms with Crippen molar-refractivity contribution in [2.75, 3.05) is 5.32 Å². The minimum absolute atomic E-state index is 0.0722.